The van der Waals surface area contributed by atoms with Crippen molar-refractivity contribution in [2.24, 2.45) is 11.7 Å². The zero-order valence-corrected chi connectivity index (χ0v) is 10.4. The predicted octanol–water partition coefficient (Wildman–Crippen LogP) is 2.75. The molecule has 1 aromatic rings. The second-order valence-corrected chi connectivity index (χ2v) is 4.59. The zero-order chi connectivity index (χ0) is 11.8. The van der Waals surface area contributed by atoms with Crippen LogP contribution in [0.4, 0.5) is 0 Å². The highest BCUT2D eigenvalue weighted by Gasteiger charge is 1.96. The first kappa shape index (κ1) is 13.2. The van der Waals surface area contributed by atoms with E-state index in [2.05, 4.69) is 38.1 Å². The van der Waals surface area contributed by atoms with Crippen molar-refractivity contribution < 1.29 is 4.74 Å². The van der Waals surface area contributed by atoms with Crippen molar-refractivity contribution in [1.82, 2.24) is 0 Å². The van der Waals surface area contributed by atoms with Crippen LogP contribution in [0.3, 0.4) is 0 Å². The van der Waals surface area contributed by atoms with Crippen LogP contribution in [0.1, 0.15) is 31.4 Å². The molecule has 0 fully saturated rings. The van der Waals surface area contributed by atoms with Gasteiger partial charge in [-0.15, -0.1) is 0 Å². The van der Waals surface area contributed by atoms with Gasteiger partial charge in [0.25, 0.3) is 0 Å². The molecule has 0 radical (unpaired) electrons. The molecule has 2 heteroatoms. The minimum atomic E-state index is 0.713. The molecule has 2 N–H and O–H groups in total. The van der Waals surface area contributed by atoms with Gasteiger partial charge in [0, 0.05) is 6.61 Å². The first-order valence-corrected chi connectivity index (χ1v) is 6.08. The molecule has 0 unspecified atom stereocenters. The summed E-state index contributed by atoms with van der Waals surface area (Å²) in [5, 5.41) is 0. The molecule has 0 spiro atoms. The van der Waals surface area contributed by atoms with Crippen LogP contribution in [-0.2, 0) is 17.8 Å². The van der Waals surface area contributed by atoms with E-state index < -0.39 is 0 Å². The second kappa shape index (κ2) is 7.42. The molecule has 0 amide bonds. The van der Waals surface area contributed by atoms with Crippen molar-refractivity contribution in [3.05, 3.63) is 35.4 Å². The maximum absolute atomic E-state index is 5.61. The molecule has 1 rings (SSSR count). The van der Waals surface area contributed by atoms with Crippen molar-refractivity contribution in [2.45, 2.75) is 33.3 Å². The highest BCUT2D eigenvalue weighted by molar-refractivity contribution is 5.22. The summed E-state index contributed by atoms with van der Waals surface area (Å²) in [7, 11) is 0. The number of hydrogen-bond donors (Lipinski definition) is 1. The molecule has 0 heterocycles. The van der Waals surface area contributed by atoms with E-state index in [1.165, 1.54) is 11.1 Å². The Kier molecular flexibility index (Phi) is 6.12. The summed E-state index contributed by atoms with van der Waals surface area (Å²) in [4.78, 5) is 0. The molecular formula is C14H23NO. The third-order valence-corrected chi connectivity index (χ3v) is 2.56. The lowest BCUT2D eigenvalue weighted by Crippen LogP contribution is -2.03. The standard InChI is InChI=1S/C14H23NO/c1-12(2)8-10-16-11-14-5-3-13(4-6-14)7-9-15/h3-6,12H,7-11,15H2,1-2H3. The molecule has 0 aliphatic carbocycles. The van der Waals surface area contributed by atoms with Crippen molar-refractivity contribution in [1.29, 1.82) is 0 Å². The van der Waals surface area contributed by atoms with E-state index >= 15 is 0 Å². The van der Waals surface area contributed by atoms with Gasteiger partial charge in [0.1, 0.15) is 0 Å². The van der Waals surface area contributed by atoms with Crippen molar-refractivity contribution in [3.63, 3.8) is 0 Å². The Morgan fingerprint density at radius 2 is 1.75 bits per heavy atom. The van der Waals surface area contributed by atoms with Gasteiger partial charge in [-0.25, -0.2) is 0 Å². The second-order valence-electron chi connectivity index (χ2n) is 4.59. The molecule has 0 aromatic heterocycles. The molecular weight excluding hydrogens is 198 g/mol. The smallest absolute Gasteiger partial charge is 0.0716 e. The van der Waals surface area contributed by atoms with Gasteiger partial charge in [-0.2, -0.15) is 0 Å². The molecule has 0 aliphatic heterocycles. The maximum Gasteiger partial charge on any atom is 0.0716 e. The largest absolute Gasteiger partial charge is 0.377 e. The summed E-state index contributed by atoms with van der Waals surface area (Å²) in [6.45, 7) is 6.71. The summed E-state index contributed by atoms with van der Waals surface area (Å²) in [6.07, 6.45) is 2.08. The average Bonchev–Trinajstić information content (AvgIpc) is 2.27. The Labute approximate surface area is 98.8 Å². The first-order valence-electron chi connectivity index (χ1n) is 6.08. The zero-order valence-electron chi connectivity index (χ0n) is 10.4. The lowest BCUT2D eigenvalue weighted by molar-refractivity contribution is 0.110. The molecule has 0 saturated heterocycles. The van der Waals surface area contributed by atoms with Gasteiger partial charge >= 0.3 is 0 Å². The fraction of sp³-hybridized carbons (Fsp3) is 0.571. The normalized spacial score (nSPS) is 11.0. The Bertz CT molecular complexity index is 279. The fourth-order valence-corrected chi connectivity index (χ4v) is 1.48. The van der Waals surface area contributed by atoms with Crippen molar-refractivity contribution >= 4 is 0 Å². The maximum atomic E-state index is 5.61. The van der Waals surface area contributed by atoms with Gasteiger partial charge in [0.15, 0.2) is 0 Å². The molecule has 2 nitrogen and oxygen atoms in total. The third kappa shape index (κ3) is 5.29. The highest BCUT2D eigenvalue weighted by Crippen LogP contribution is 2.07. The Morgan fingerprint density at radius 1 is 1.12 bits per heavy atom. The quantitative estimate of drug-likeness (QED) is 0.719. The third-order valence-electron chi connectivity index (χ3n) is 2.56. The van der Waals surface area contributed by atoms with E-state index in [1.807, 2.05) is 0 Å². The number of hydrogen-bond acceptors (Lipinski definition) is 2. The molecule has 16 heavy (non-hydrogen) atoms. The Morgan fingerprint density at radius 3 is 2.31 bits per heavy atom. The van der Waals surface area contributed by atoms with Crippen LogP contribution in [0.5, 0.6) is 0 Å². The van der Waals surface area contributed by atoms with Crippen molar-refractivity contribution in [3.8, 4) is 0 Å². The molecule has 0 aliphatic rings. The molecule has 0 atom stereocenters. The summed E-state index contributed by atoms with van der Waals surface area (Å²) in [5.74, 6) is 0.715. The highest BCUT2D eigenvalue weighted by atomic mass is 16.5. The van der Waals surface area contributed by atoms with E-state index in [9.17, 15) is 0 Å². The van der Waals surface area contributed by atoms with Gasteiger partial charge in [0.2, 0.25) is 0 Å². The Balaban J connectivity index is 2.26. The van der Waals surface area contributed by atoms with Crippen LogP contribution in [0.2, 0.25) is 0 Å². The minimum absolute atomic E-state index is 0.713. The monoisotopic (exact) mass is 221 g/mol. The van der Waals surface area contributed by atoms with Gasteiger partial charge < -0.3 is 10.5 Å². The number of ether oxygens (including phenoxy) is 1. The number of benzene rings is 1. The lowest BCUT2D eigenvalue weighted by atomic mass is 10.1. The summed E-state index contributed by atoms with van der Waals surface area (Å²) < 4.78 is 5.61. The average molecular weight is 221 g/mol. The van der Waals surface area contributed by atoms with Gasteiger partial charge in [-0.3, -0.25) is 0 Å². The van der Waals surface area contributed by atoms with Crippen LogP contribution in [0, 0.1) is 5.92 Å². The molecule has 1 aromatic carbocycles. The molecule has 0 saturated carbocycles. The fourth-order valence-electron chi connectivity index (χ4n) is 1.48. The molecule has 0 bridgehead atoms. The van der Waals surface area contributed by atoms with Crippen LogP contribution in [-0.4, -0.2) is 13.2 Å². The van der Waals surface area contributed by atoms with E-state index in [4.69, 9.17) is 10.5 Å². The van der Waals surface area contributed by atoms with E-state index in [1.54, 1.807) is 0 Å². The summed E-state index contributed by atoms with van der Waals surface area (Å²) in [6, 6.07) is 8.52. The van der Waals surface area contributed by atoms with E-state index in [0.717, 1.165) is 26.1 Å². The SMILES string of the molecule is CC(C)CCOCc1ccc(CCN)cc1. The predicted molar refractivity (Wildman–Crippen MR) is 68.3 cm³/mol. The van der Waals surface area contributed by atoms with Crippen LogP contribution in [0.15, 0.2) is 24.3 Å². The summed E-state index contributed by atoms with van der Waals surface area (Å²) >= 11 is 0. The first-order chi connectivity index (χ1) is 7.72. The summed E-state index contributed by atoms with van der Waals surface area (Å²) in [5.41, 5.74) is 8.04. The molecule has 90 valence electrons. The Hall–Kier alpha value is -0.860. The van der Waals surface area contributed by atoms with Gasteiger partial charge in [-0.05, 0) is 36.4 Å². The van der Waals surface area contributed by atoms with Crippen molar-refractivity contribution in [2.75, 3.05) is 13.2 Å². The van der Waals surface area contributed by atoms with Gasteiger partial charge in [0.05, 0.1) is 6.61 Å². The van der Waals surface area contributed by atoms with Crippen LogP contribution < -0.4 is 5.73 Å². The van der Waals surface area contributed by atoms with E-state index in [0.29, 0.717) is 12.5 Å². The number of rotatable bonds is 7. The topological polar surface area (TPSA) is 35.2 Å². The number of nitrogens with two attached hydrogens (primary N) is 1. The van der Waals surface area contributed by atoms with Crippen LogP contribution in [0.25, 0.3) is 0 Å². The lowest BCUT2D eigenvalue weighted by Gasteiger charge is -2.07. The van der Waals surface area contributed by atoms with E-state index in [-0.39, 0.29) is 0 Å². The minimum Gasteiger partial charge on any atom is -0.377 e. The van der Waals surface area contributed by atoms with Gasteiger partial charge in [-0.1, -0.05) is 38.1 Å². The van der Waals surface area contributed by atoms with Crippen LogP contribution >= 0.6 is 0 Å².